The van der Waals surface area contributed by atoms with Gasteiger partial charge in [0.15, 0.2) is 17.5 Å². The number of furan rings is 1. The molecule has 45 heavy (non-hydrogen) atoms. The molecular formula is C41H25N3O. The first kappa shape index (κ1) is 25.4. The van der Waals surface area contributed by atoms with Crippen LogP contribution >= 0.6 is 0 Å². The van der Waals surface area contributed by atoms with Gasteiger partial charge in [-0.25, -0.2) is 15.0 Å². The Bertz CT molecular complexity index is 2540. The van der Waals surface area contributed by atoms with Crippen LogP contribution in [0.3, 0.4) is 0 Å². The van der Waals surface area contributed by atoms with Crippen LogP contribution in [0, 0.1) is 0 Å². The van der Waals surface area contributed by atoms with Crippen LogP contribution in [0.25, 0.3) is 88.8 Å². The van der Waals surface area contributed by atoms with Gasteiger partial charge in [-0.2, -0.15) is 0 Å². The molecule has 210 valence electrons. The summed E-state index contributed by atoms with van der Waals surface area (Å²) in [6, 6.07) is 52.1. The molecule has 0 spiro atoms. The van der Waals surface area contributed by atoms with E-state index >= 15 is 0 Å². The van der Waals surface area contributed by atoms with Crippen molar-refractivity contribution in [2.45, 2.75) is 0 Å². The molecule has 0 saturated carbocycles. The van der Waals surface area contributed by atoms with Crippen molar-refractivity contribution in [3.05, 3.63) is 152 Å². The van der Waals surface area contributed by atoms with Crippen LogP contribution in [0.2, 0.25) is 0 Å². The molecule has 0 atom stereocenters. The van der Waals surface area contributed by atoms with E-state index in [9.17, 15) is 0 Å². The SMILES string of the molecule is c1ccc(-c2nc(-c3ccc4ccc5ccccc5c4c3)nc(-c3ccc(-c4ccccc4)c4oc5ccccc5c34)n2)cc1. The number of hydrogen-bond donors (Lipinski definition) is 0. The minimum Gasteiger partial charge on any atom is -0.455 e. The standard InChI is InChI=1S/C41H25N3O/c1-3-11-26(12-4-1)32-23-24-34(37-33-17-9-10-18-36(33)45-38(32)37)41-43-39(29-14-5-2-6-15-29)42-40(44-41)30-22-21-28-20-19-27-13-7-8-16-31(27)35(28)25-30/h1-25H. The van der Waals surface area contributed by atoms with Crippen LogP contribution in [0.5, 0.6) is 0 Å². The fraction of sp³-hybridized carbons (Fsp3) is 0. The average molecular weight is 576 g/mol. The number of para-hydroxylation sites is 1. The van der Waals surface area contributed by atoms with Gasteiger partial charge in [-0.05, 0) is 51.4 Å². The summed E-state index contributed by atoms with van der Waals surface area (Å²) in [5, 5.41) is 6.78. The van der Waals surface area contributed by atoms with Crippen molar-refractivity contribution in [2.75, 3.05) is 0 Å². The maximum atomic E-state index is 6.55. The zero-order valence-electron chi connectivity index (χ0n) is 24.2. The van der Waals surface area contributed by atoms with Crippen molar-refractivity contribution >= 4 is 43.5 Å². The molecule has 0 N–H and O–H groups in total. The highest BCUT2D eigenvalue weighted by Crippen LogP contribution is 2.41. The number of rotatable bonds is 4. The number of hydrogen-bond acceptors (Lipinski definition) is 4. The van der Waals surface area contributed by atoms with E-state index in [2.05, 4.69) is 97.1 Å². The highest BCUT2D eigenvalue weighted by molar-refractivity contribution is 6.16. The molecule has 0 radical (unpaired) electrons. The van der Waals surface area contributed by atoms with Crippen molar-refractivity contribution in [1.82, 2.24) is 15.0 Å². The first-order valence-corrected chi connectivity index (χ1v) is 15.0. The van der Waals surface area contributed by atoms with E-state index in [4.69, 9.17) is 19.4 Å². The van der Waals surface area contributed by atoms with Crippen molar-refractivity contribution in [3.63, 3.8) is 0 Å². The number of aromatic nitrogens is 3. The van der Waals surface area contributed by atoms with Crippen molar-refractivity contribution < 1.29 is 4.42 Å². The molecule has 2 heterocycles. The molecule has 0 unspecified atom stereocenters. The molecule has 7 aromatic carbocycles. The highest BCUT2D eigenvalue weighted by atomic mass is 16.3. The maximum absolute atomic E-state index is 6.55. The molecule has 4 heteroatoms. The van der Waals surface area contributed by atoms with Gasteiger partial charge in [-0.3, -0.25) is 0 Å². The first-order chi connectivity index (χ1) is 22.3. The van der Waals surface area contributed by atoms with E-state index < -0.39 is 0 Å². The fourth-order valence-corrected chi connectivity index (χ4v) is 6.34. The van der Waals surface area contributed by atoms with Crippen LogP contribution in [0.15, 0.2) is 156 Å². The van der Waals surface area contributed by atoms with Crippen LogP contribution in [0.1, 0.15) is 0 Å². The Morgan fingerprint density at radius 1 is 0.378 bits per heavy atom. The number of nitrogens with zero attached hydrogens (tertiary/aromatic N) is 3. The molecule has 4 nitrogen and oxygen atoms in total. The third-order valence-corrected chi connectivity index (χ3v) is 8.52. The number of fused-ring (bicyclic) bond motifs is 6. The highest BCUT2D eigenvalue weighted by Gasteiger charge is 2.20. The van der Waals surface area contributed by atoms with E-state index in [1.807, 2.05) is 54.6 Å². The lowest BCUT2D eigenvalue weighted by atomic mass is 9.98. The summed E-state index contributed by atoms with van der Waals surface area (Å²) in [5.41, 5.74) is 6.55. The Labute approximate surface area is 259 Å². The smallest absolute Gasteiger partial charge is 0.164 e. The van der Waals surface area contributed by atoms with Gasteiger partial charge < -0.3 is 4.42 Å². The summed E-state index contributed by atoms with van der Waals surface area (Å²) in [4.78, 5) is 15.3. The Morgan fingerprint density at radius 2 is 0.956 bits per heavy atom. The molecule has 0 fully saturated rings. The third-order valence-electron chi connectivity index (χ3n) is 8.52. The predicted octanol–water partition coefficient (Wildman–Crippen LogP) is 10.7. The summed E-state index contributed by atoms with van der Waals surface area (Å²) in [6.45, 7) is 0. The molecular weight excluding hydrogens is 550 g/mol. The normalized spacial score (nSPS) is 11.6. The van der Waals surface area contributed by atoms with Gasteiger partial charge in [0.2, 0.25) is 0 Å². The van der Waals surface area contributed by atoms with Gasteiger partial charge in [-0.1, -0.05) is 127 Å². The Hall–Kier alpha value is -6.13. The Kier molecular flexibility index (Phi) is 5.78. The molecule has 0 aliphatic carbocycles. The molecule has 9 aromatic rings. The van der Waals surface area contributed by atoms with Gasteiger partial charge in [0.25, 0.3) is 0 Å². The second-order valence-corrected chi connectivity index (χ2v) is 11.2. The van der Waals surface area contributed by atoms with Gasteiger partial charge in [0, 0.05) is 33.0 Å². The molecule has 0 bridgehead atoms. The van der Waals surface area contributed by atoms with E-state index in [0.717, 1.165) is 49.8 Å². The van der Waals surface area contributed by atoms with Crippen LogP contribution in [0.4, 0.5) is 0 Å². The third kappa shape index (κ3) is 4.27. The number of benzene rings is 7. The van der Waals surface area contributed by atoms with E-state index in [0.29, 0.717) is 17.5 Å². The molecule has 0 saturated heterocycles. The lowest BCUT2D eigenvalue weighted by molar-refractivity contribution is 0.670. The van der Waals surface area contributed by atoms with Crippen molar-refractivity contribution in [2.24, 2.45) is 0 Å². The summed E-state index contributed by atoms with van der Waals surface area (Å²) in [6.07, 6.45) is 0. The lowest BCUT2D eigenvalue weighted by Crippen LogP contribution is -2.00. The van der Waals surface area contributed by atoms with E-state index in [1.54, 1.807) is 0 Å². The second kappa shape index (κ2) is 10.2. The van der Waals surface area contributed by atoms with E-state index in [-0.39, 0.29) is 0 Å². The van der Waals surface area contributed by atoms with Crippen molar-refractivity contribution in [3.8, 4) is 45.3 Å². The van der Waals surface area contributed by atoms with E-state index in [1.165, 1.54) is 21.5 Å². The zero-order chi connectivity index (χ0) is 29.7. The molecule has 2 aromatic heterocycles. The summed E-state index contributed by atoms with van der Waals surface area (Å²) in [5.74, 6) is 1.86. The van der Waals surface area contributed by atoms with Crippen molar-refractivity contribution in [1.29, 1.82) is 0 Å². The summed E-state index contributed by atoms with van der Waals surface area (Å²) >= 11 is 0. The average Bonchev–Trinajstić information content (AvgIpc) is 3.51. The molecule has 0 amide bonds. The Balaban J connectivity index is 1.32. The zero-order valence-corrected chi connectivity index (χ0v) is 24.2. The van der Waals surface area contributed by atoms with Gasteiger partial charge in [-0.15, -0.1) is 0 Å². The summed E-state index contributed by atoms with van der Waals surface area (Å²) < 4.78 is 6.55. The molecule has 9 rings (SSSR count). The van der Waals surface area contributed by atoms with Gasteiger partial charge in [0.1, 0.15) is 11.2 Å². The monoisotopic (exact) mass is 575 g/mol. The lowest BCUT2D eigenvalue weighted by Gasteiger charge is -2.11. The van der Waals surface area contributed by atoms with Crippen LogP contribution in [-0.2, 0) is 0 Å². The maximum Gasteiger partial charge on any atom is 0.164 e. The molecule has 0 aliphatic rings. The largest absolute Gasteiger partial charge is 0.455 e. The quantitative estimate of drug-likeness (QED) is 0.196. The van der Waals surface area contributed by atoms with Crippen LogP contribution in [-0.4, -0.2) is 15.0 Å². The molecule has 0 aliphatic heterocycles. The van der Waals surface area contributed by atoms with Gasteiger partial charge in [0.05, 0.1) is 0 Å². The van der Waals surface area contributed by atoms with Gasteiger partial charge >= 0.3 is 0 Å². The minimum absolute atomic E-state index is 0.605. The first-order valence-electron chi connectivity index (χ1n) is 15.0. The predicted molar refractivity (Wildman–Crippen MR) is 184 cm³/mol. The topological polar surface area (TPSA) is 51.8 Å². The fourth-order valence-electron chi connectivity index (χ4n) is 6.34. The van der Waals surface area contributed by atoms with Crippen LogP contribution < -0.4 is 0 Å². The minimum atomic E-state index is 0.605. The summed E-state index contributed by atoms with van der Waals surface area (Å²) in [7, 11) is 0. The Morgan fingerprint density at radius 3 is 1.76 bits per heavy atom. The second-order valence-electron chi connectivity index (χ2n) is 11.2.